The Hall–Kier alpha value is -1.43. The van der Waals surface area contributed by atoms with Crippen LogP contribution in [-0.2, 0) is 4.79 Å². The van der Waals surface area contributed by atoms with E-state index < -0.39 is 0 Å². The molecule has 2 heterocycles. The van der Waals surface area contributed by atoms with Gasteiger partial charge in [-0.1, -0.05) is 0 Å². The second-order valence-corrected chi connectivity index (χ2v) is 6.97. The number of likely N-dealkylation sites (tertiary alicyclic amines) is 1. The minimum absolute atomic E-state index is 0.123. The molecule has 1 saturated heterocycles. The number of carbonyl (C=O) groups excluding carboxylic acids is 1. The van der Waals surface area contributed by atoms with Crippen LogP contribution in [0.25, 0.3) is 0 Å². The maximum atomic E-state index is 11.9. The van der Waals surface area contributed by atoms with Gasteiger partial charge in [0.2, 0.25) is 5.91 Å². The topological polar surface area (TPSA) is 73.9 Å². The molecule has 21 heavy (non-hydrogen) atoms. The Bertz CT molecular complexity index is 477. The van der Waals surface area contributed by atoms with Crippen LogP contribution in [-0.4, -0.2) is 51.2 Å². The van der Waals surface area contributed by atoms with Crippen molar-refractivity contribution in [2.24, 2.45) is 0 Å². The second-order valence-electron chi connectivity index (χ2n) is 6.97. The summed E-state index contributed by atoms with van der Waals surface area (Å²) in [7, 11) is 0. The van der Waals surface area contributed by atoms with E-state index in [9.17, 15) is 4.79 Å². The average molecular weight is 293 g/mol. The zero-order chi connectivity index (χ0) is 15.5. The predicted molar refractivity (Wildman–Crippen MR) is 82.0 cm³/mol. The van der Waals surface area contributed by atoms with Crippen LogP contribution in [0.3, 0.4) is 0 Å². The maximum absolute atomic E-state index is 11.9. The standard InChI is InChI=1S/C15H27N5O/c1-11-16-14(19-18-11)12-6-5-8-20(10-12)9-7-13(21)17-15(2,3)4/h12H,5-10H2,1-4H3,(H,17,21)(H,16,18,19). The van der Waals surface area contributed by atoms with Crippen LogP contribution in [0.1, 0.15) is 57.6 Å². The highest BCUT2D eigenvalue weighted by Crippen LogP contribution is 2.24. The Morgan fingerprint density at radius 1 is 1.48 bits per heavy atom. The number of nitrogens with one attached hydrogen (secondary N) is 2. The van der Waals surface area contributed by atoms with Gasteiger partial charge in [0.1, 0.15) is 5.82 Å². The Morgan fingerprint density at radius 2 is 2.24 bits per heavy atom. The van der Waals surface area contributed by atoms with Gasteiger partial charge in [0, 0.05) is 31.0 Å². The number of nitrogens with zero attached hydrogens (tertiary/aromatic N) is 3. The number of aromatic nitrogens is 3. The number of aromatic amines is 1. The molecule has 1 amide bonds. The van der Waals surface area contributed by atoms with E-state index in [0.717, 1.165) is 44.1 Å². The molecule has 118 valence electrons. The number of H-pyrrole nitrogens is 1. The molecule has 6 heteroatoms. The Morgan fingerprint density at radius 3 is 2.86 bits per heavy atom. The van der Waals surface area contributed by atoms with E-state index >= 15 is 0 Å². The molecule has 1 fully saturated rings. The van der Waals surface area contributed by atoms with Gasteiger partial charge in [-0.15, -0.1) is 0 Å². The minimum atomic E-state index is -0.155. The minimum Gasteiger partial charge on any atom is -0.351 e. The third kappa shape index (κ3) is 5.12. The Kier molecular flexibility index (Phi) is 4.98. The van der Waals surface area contributed by atoms with E-state index in [4.69, 9.17) is 0 Å². The lowest BCUT2D eigenvalue weighted by Crippen LogP contribution is -2.43. The van der Waals surface area contributed by atoms with Gasteiger partial charge in [0.15, 0.2) is 5.82 Å². The van der Waals surface area contributed by atoms with Crippen molar-refractivity contribution < 1.29 is 4.79 Å². The molecule has 0 aliphatic carbocycles. The van der Waals surface area contributed by atoms with Gasteiger partial charge in [0.25, 0.3) is 0 Å². The monoisotopic (exact) mass is 293 g/mol. The van der Waals surface area contributed by atoms with E-state index in [1.54, 1.807) is 0 Å². The van der Waals surface area contributed by atoms with Gasteiger partial charge in [-0.2, -0.15) is 5.10 Å². The summed E-state index contributed by atoms with van der Waals surface area (Å²) in [6.45, 7) is 10.8. The fourth-order valence-electron chi connectivity index (χ4n) is 2.75. The zero-order valence-electron chi connectivity index (χ0n) is 13.6. The molecule has 1 unspecified atom stereocenters. The number of rotatable bonds is 4. The molecule has 1 aromatic rings. The van der Waals surface area contributed by atoms with Crippen LogP contribution in [0, 0.1) is 6.92 Å². The fraction of sp³-hybridized carbons (Fsp3) is 0.800. The average Bonchev–Trinajstić information content (AvgIpc) is 2.82. The molecule has 0 saturated carbocycles. The van der Waals surface area contributed by atoms with E-state index in [2.05, 4.69) is 25.4 Å². The summed E-state index contributed by atoms with van der Waals surface area (Å²) in [5.74, 6) is 2.29. The Balaban J connectivity index is 1.80. The number of hydrogen-bond donors (Lipinski definition) is 2. The first kappa shape index (κ1) is 15.9. The van der Waals surface area contributed by atoms with Gasteiger partial charge in [-0.05, 0) is 47.1 Å². The third-order valence-corrected chi connectivity index (χ3v) is 3.65. The van der Waals surface area contributed by atoms with Gasteiger partial charge in [-0.25, -0.2) is 4.98 Å². The third-order valence-electron chi connectivity index (χ3n) is 3.65. The van der Waals surface area contributed by atoms with Crippen LogP contribution in [0.5, 0.6) is 0 Å². The second kappa shape index (κ2) is 6.56. The summed E-state index contributed by atoms with van der Waals surface area (Å²) >= 11 is 0. The number of aryl methyl sites for hydroxylation is 1. The molecule has 0 spiro atoms. The molecule has 1 atom stereocenters. The van der Waals surface area contributed by atoms with Crippen molar-refractivity contribution in [1.29, 1.82) is 0 Å². The number of piperidine rings is 1. The first-order valence-electron chi connectivity index (χ1n) is 7.76. The van der Waals surface area contributed by atoms with Crippen molar-refractivity contribution in [3.05, 3.63) is 11.6 Å². The van der Waals surface area contributed by atoms with Crippen LogP contribution >= 0.6 is 0 Å². The van der Waals surface area contributed by atoms with Crippen molar-refractivity contribution in [2.45, 2.75) is 58.4 Å². The molecule has 1 aliphatic heterocycles. The van der Waals surface area contributed by atoms with Crippen LogP contribution in [0.4, 0.5) is 0 Å². The van der Waals surface area contributed by atoms with Gasteiger partial charge < -0.3 is 10.2 Å². The summed E-state index contributed by atoms with van der Waals surface area (Å²) in [6, 6.07) is 0. The number of amides is 1. The smallest absolute Gasteiger partial charge is 0.221 e. The fourth-order valence-corrected chi connectivity index (χ4v) is 2.75. The molecule has 1 aromatic heterocycles. The van der Waals surface area contributed by atoms with E-state index in [1.807, 2.05) is 27.7 Å². The molecule has 2 rings (SSSR count). The largest absolute Gasteiger partial charge is 0.351 e. The highest BCUT2D eigenvalue weighted by atomic mass is 16.1. The van der Waals surface area contributed by atoms with E-state index in [1.165, 1.54) is 0 Å². The van der Waals surface area contributed by atoms with Crippen molar-refractivity contribution in [3.63, 3.8) is 0 Å². The first-order valence-corrected chi connectivity index (χ1v) is 7.76. The molecule has 2 N–H and O–H groups in total. The Labute approximate surface area is 126 Å². The SMILES string of the molecule is Cc1nc(C2CCCN(CCC(=O)NC(C)(C)C)C2)n[nH]1. The van der Waals surface area contributed by atoms with Gasteiger partial charge in [0.05, 0.1) is 0 Å². The zero-order valence-corrected chi connectivity index (χ0v) is 13.6. The van der Waals surface area contributed by atoms with Crippen molar-refractivity contribution in [3.8, 4) is 0 Å². The summed E-state index contributed by atoms with van der Waals surface area (Å²) in [6.07, 6.45) is 2.82. The van der Waals surface area contributed by atoms with Crippen molar-refractivity contribution in [2.75, 3.05) is 19.6 Å². The summed E-state index contributed by atoms with van der Waals surface area (Å²) in [4.78, 5) is 18.7. The lowest BCUT2D eigenvalue weighted by atomic mass is 9.97. The quantitative estimate of drug-likeness (QED) is 0.884. The van der Waals surface area contributed by atoms with E-state index in [0.29, 0.717) is 12.3 Å². The van der Waals surface area contributed by atoms with Gasteiger partial charge >= 0.3 is 0 Å². The van der Waals surface area contributed by atoms with Gasteiger partial charge in [-0.3, -0.25) is 9.89 Å². The van der Waals surface area contributed by atoms with Crippen LogP contribution in [0.2, 0.25) is 0 Å². The molecule has 6 nitrogen and oxygen atoms in total. The lowest BCUT2D eigenvalue weighted by Gasteiger charge is -2.31. The van der Waals surface area contributed by atoms with Crippen LogP contribution < -0.4 is 5.32 Å². The highest BCUT2D eigenvalue weighted by Gasteiger charge is 2.24. The number of hydrogen-bond acceptors (Lipinski definition) is 4. The van der Waals surface area contributed by atoms with Crippen molar-refractivity contribution >= 4 is 5.91 Å². The molecule has 1 aliphatic rings. The predicted octanol–water partition coefficient (Wildman–Crippen LogP) is 1.60. The normalized spacial score (nSPS) is 20.5. The molecule has 0 aromatic carbocycles. The summed E-state index contributed by atoms with van der Waals surface area (Å²) < 4.78 is 0. The lowest BCUT2D eigenvalue weighted by molar-refractivity contribution is -0.122. The van der Waals surface area contributed by atoms with Crippen molar-refractivity contribution in [1.82, 2.24) is 25.4 Å². The summed E-state index contributed by atoms with van der Waals surface area (Å²) in [5.41, 5.74) is -0.155. The number of carbonyl (C=O) groups is 1. The molecule has 0 radical (unpaired) electrons. The maximum Gasteiger partial charge on any atom is 0.221 e. The van der Waals surface area contributed by atoms with E-state index in [-0.39, 0.29) is 11.4 Å². The molecular formula is C15H27N5O. The van der Waals surface area contributed by atoms with Crippen LogP contribution in [0.15, 0.2) is 0 Å². The first-order chi connectivity index (χ1) is 9.83. The molecular weight excluding hydrogens is 266 g/mol. The summed E-state index contributed by atoms with van der Waals surface area (Å²) in [5, 5.41) is 10.2. The highest BCUT2D eigenvalue weighted by molar-refractivity contribution is 5.76. The molecule has 0 bridgehead atoms.